The van der Waals surface area contributed by atoms with E-state index in [0.717, 1.165) is 0 Å². The number of phosphoric acid groups is 2. The van der Waals surface area contributed by atoms with E-state index in [0.29, 0.717) is 19.3 Å². The molecule has 0 bridgehead atoms. The molecule has 0 amide bonds. The van der Waals surface area contributed by atoms with E-state index in [9.17, 15) is 34.0 Å². The van der Waals surface area contributed by atoms with Gasteiger partial charge in [0, 0.05) is 19.8 Å². The lowest BCUT2D eigenvalue weighted by molar-refractivity contribution is -0.356. The third-order valence-electron chi connectivity index (χ3n) is 4.13. The molecule has 30 heavy (non-hydrogen) atoms. The van der Waals surface area contributed by atoms with E-state index in [1.807, 2.05) is 0 Å². The molecule has 1 saturated carbocycles. The molecule has 1 fully saturated rings. The van der Waals surface area contributed by atoms with Crippen molar-refractivity contribution in [3.8, 4) is 0 Å². The van der Waals surface area contributed by atoms with Crippen LogP contribution in [0.2, 0.25) is 0 Å². The normalized spacial score (nSPS) is 30.5. The molecule has 0 aromatic heterocycles. The van der Waals surface area contributed by atoms with Crippen molar-refractivity contribution in [1.29, 1.82) is 0 Å². The van der Waals surface area contributed by atoms with E-state index < -0.39 is 52.3 Å². The van der Waals surface area contributed by atoms with Crippen molar-refractivity contribution in [1.82, 2.24) is 0 Å². The molecule has 0 aromatic rings. The summed E-state index contributed by atoms with van der Waals surface area (Å²) in [6.07, 6.45) is -7.16. The Bertz CT molecular complexity index is 535. The fraction of sp³-hybridized carbons (Fsp3) is 1.00. The molecular formula is C15H32O13P2. The Balaban J connectivity index is 3.49. The smallest absolute Gasteiger partial charge is 0.373 e. The van der Waals surface area contributed by atoms with Crippen LogP contribution in [0, 0.1) is 0 Å². The number of ether oxygens (including phenoxy) is 3. The average Bonchev–Trinajstić information content (AvgIpc) is 2.63. The third-order valence-corrected chi connectivity index (χ3v) is 5.16. The second kappa shape index (κ2) is 12.9. The largest absolute Gasteiger partial charge is 0.470 e. The molecule has 6 atom stereocenters. The lowest BCUT2D eigenvalue weighted by Crippen LogP contribution is -2.67. The van der Waals surface area contributed by atoms with Crippen molar-refractivity contribution in [2.24, 2.45) is 0 Å². The molecule has 0 saturated heterocycles. The Labute approximate surface area is 175 Å². The zero-order valence-electron chi connectivity index (χ0n) is 17.1. The fourth-order valence-corrected chi connectivity index (χ4v) is 4.24. The van der Waals surface area contributed by atoms with Crippen molar-refractivity contribution < 1.29 is 62.1 Å². The molecule has 0 aromatic carbocycles. The van der Waals surface area contributed by atoms with Crippen molar-refractivity contribution in [3.05, 3.63) is 0 Å². The fourth-order valence-electron chi connectivity index (χ4n) is 3.13. The minimum atomic E-state index is -5.12. The highest BCUT2D eigenvalue weighted by Crippen LogP contribution is 2.47. The van der Waals surface area contributed by atoms with Gasteiger partial charge in [-0.3, -0.25) is 14.3 Å². The lowest BCUT2D eigenvalue weighted by atomic mass is 9.84. The van der Waals surface area contributed by atoms with Gasteiger partial charge in [0.15, 0.2) is 6.10 Å². The van der Waals surface area contributed by atoms with E-state index in [-0.39, 0.29) is 19.8 Å². The van der Waals surface area contributed by atoms with Crippen molar-refractivity contribution in [2.45, 2.75) is 76.7 Å². The first kappa shape index (κ1) is 28.1. The van der Waals surface area contributed by atoms with Crippen LogP contribution in [0.4, 0.5) is 0 Å². The molecule has 13 nitrogen and oxygen atoms in total. The predicted molar refractivity (Wildman–Crippen MR) is 101 cm³/mol. The van der Waals surface area contributed by atoms with Crippen molar-refractivity contribution in [3.63, 3.8) is 0 Å². The molecule has 5 N–H and O–H groups in total. The van der Waals surface area contributed by atoms with Gasteiger partial charge in [0.25, 0.3) is 0 Å². The van der Waals surface area contributed by atoms with Crippen LogP contribution in [0.5, 0.6) is 0 Å². The van der Waals surface area contributed by atoms with Crippen LogP contribution in [-0.4, -0.2) is 81.3 Å². The van der Waals surface area contributed by atoms with Gasteiger partial charge >= 0.3 is 15.6 Å². The zero-order valence-corrected chi connectivity index (χ0v) is 18.9. The number of hydrogen-bond acceptors (Lipinski definition) is 9. The first-order valence-electron chi connectivity index (χ1n) is 9.61. The van der Waals surface area contributed by atoms with Crippen LogP contribution in [-0.2, 0) is 37.3 Å². The minimum absolute atomic E-state index is 0.0539. The van der Waals surface area contributed by atoms with E-state index in [2.05, 4.69) is 4.89 Å². The SMILES string of the molecule is CCCOC1C(OO)[C@@H](OCCC)C(OP(=O)(O)O)C(OCCC)[C@H]1OP(=O)(O)O. The first-order valence-corrected chi connectivity index (χ1v) is 12.7. The van der Waals surface area contributed by atoms with E-state index in [1.165, 1.54) is 0 Å². The lowest BCUT2D eigenvalue weighted by Gasteiger charge is -2.48. The van der Waals surface area contributed by atoms with Gasteiger partial charge in [-0.15, -0.1) is 0 Å². The quantitative estimate of drug-likeness (QED) is 0.135. The first-order chi connectivity index (χ1) is 14.0. The molecular weight excluding hydrogens is 450 g/mol. The Morgan fingerprint density at radius 2 is 0.900 bits per heavy atom. The maximum absolute atomic E-state index is 11.6. The molecule has 4 unspecified atom stereocenters. The third kappa shape index (κ3) is 8.87. The maximum Gasteiger partial charge on any atom is 0.470 e. The van der Waals surface area contributed by atoms with Crippen LogP contribution in [0.15, 0.2) is 0 Å². The van der Waals surface area contributed by atoms with E-state index >= 15 is 0 Å². The van der Waals surface area contributed by atoms with Crippen LogP contribution >= 0.6 is 15.6 Å². The molecule has 0 heterocycles. The topological polar surface area (TPSA) is 191 Å². The van der Waals surface area contributed by atoms with Gasteiger partial charge in [-0.1, -0.05) is 20.8 Å². The molecule has 0 spiro atoms. The summed E-state index contributed by atoms with van der Waals surface area (Å²) in [4.78, 5) is 42.0. The van der Waals surface area contributed by atoms with Gasteiger partial charge in [-0.25, -0.2) is 14.0 Å². The van der Waals surface area contributed by atoms with Crippen molar-refractivity contribution in [2.75, 3.05) is 19.8 Å². The molecule has 1 rings (SSSR count). The number of phosphoric ester groups is 2. The molecule has 15 heteroatoms. The Hall–Kier alpha value is 0.0200. The predicted octanol–water partition coefficient (Wildman–Crippen LogP) is 1.20. The van der Waals surface area contributed by atoms with Crippen molar-refractivity contribution >= 4 is 15.6 Å². The monoisotopic (exact) mass is 482 g/mol. The highest BCUT2D eigenvalue weighted by atomic mass is 31.2. The highest BCUT2D eigenvalue weighted by molar-refractivity contribution is 7.46. The molecule has 1 aliphatic rings. The van der Waals surface area contributed by atoms with Gasteiger partial charge in [0.2, 0.25) is 0 Å². The van der Waals surface area contributed by atoms with Crippen LogP contribution in [0.1, 0.15) is 40.0 Å². The zero-order chi connectivity index (χ0) is 22.9. The van der Waals surface area contributed by atoms with Gasteiger partial charge in [-0.05, 0) is 19.3 Å². The summed E-state index contributed by atoms with van der Waals surface area (Å²) >= 11 is 0. The van der Waals surface area contributed by atoms with Gasteiger partial charge in [0.05, 0.1) is 0 Å². The molecule has 0 aliphatic heterocycles. The highest BCUT2D eigenvalue weighted by Gasteiger charge is 2.58. The van der Waals surface area contributed by atoms with Crippen LogP contribution < -0.4 is 0 Å². The van der Waals surface area contributed by atoms with E-state index in [4.69, 9.17) is 23.3 Å². The summed E-state index contributed by atoms with van der Waals surface area (Å²) in [5.74, 6) is 0. The summed E-state index contributed by atoms with van der Waals surface area (Å²) in [5.41, 5.74) is 0. The minimum Gasteiger partial charge on any atom is -0.373 e. The number of hydrogen-bond donors (Lipinski definition) is 5. The second-order valence-electron chi connectivity index (χ2n) is 6.70. The Morgan fingerprint density at radius 1 is 0.600 bits per heavy atom. The second-order valence-corrected chi connectivity index (χ2v) is 9.08. The van der Waals surface area contributed by atoms with Crippen LogP contribution in [0.3, 0.4) is 0 Å². The standard InChI is InChI=1S/C15H32O13P2/c1-4-7-23-10-13(26-16)11(24-8-5-2)15(28-30(20,21)22)12(25-9-6-3)14(10)27-29(17,18)19/h10-16H,4-9H2,1-3H3,(H2,17,18,19)(H2,20,21,22)/t10-,11?,12?,13?,14?,15+/m1/s1. The Morgan fingerprint density at radius 3 is 1.13 bits per heavy atom. The number of rotatable bonds is 14. The van der Waals surface area contributed by atoms with Gasteiger partial charge < -0.3 is 33.8 Å². The van der Waals surface area contributed by atoms with E-state index in [1.54, 1.807) is 20.8 Å². The maximum atomic E-state index is 11.6. The molecule has 1 aliphatic carbocycles. The summed E-state index contributed by atoms with van der Waals surface area (Å²) in [6, 6.07) is 0. The van der Waals surface area contributed by atoms with Crippen LogP contribution in [0.25, 0.3) is 0 Å². The molecule has 180 valence electrons. The summed E-state index contributed by atoms with van der Waals surface area (Å²) in [5, 5.41) is 9.53. The summed E-state index contributed by atoms with van der Waals surface area (Å²) in [7, 11) is -10.2. The van der Waals surface area contributed by atoms with Gasteiger partial charge in [-0.2, -0.15) is 0 Å². The summed E-state index contributed by atoms with van der Waals surface area (Å²) in [6.45, 7) is 5.60. The van der Waals surface area contributed by atoms with Gasteiger partial charge in [0.1, 0.15) is 30.5 Å². The summed E-state index contributed by atoms with van der Waals surface area (Å²) < 4.78 is 49.8. The molecule has 0 radical (unpaired) electrons. The average molecular weight is 482 g/mol. The Kier molecular flexibility index (Phi) is 12.1.